The SMILES string of the molecule is COC[C@@H]1CC[C@@H](CO)N1C(=O)/C(C)=C/[C@H](C(C)C)N(C)C(=O)[C@@H](NC(=O)[C@H]1CCCCN1C)C(C)C. The van der Waals surface area contributed by atoms with Gasteiger partial charge < -0.3 is 25.0 Å². The van der Waals surface area contributed by atoms with Crippen molar-refractivity contribution in [3.63, 3.8) is 0 Å². The molecule has 2 aliphatic heterocycles. The van der Waals surface area contributed by atoms with Gasteiger partial charge in [-0.15, -0.1) is 0 Å². The molecule has 37 heavy (non-hydrogen) atoms. The van der Waals surface area contributed by atoms with Gasteiger partial charge in [-0.1, -0.05) is 40.2 Å². The average molecular weight is 523 g/mol. The lowest BCUT2D eigenvalue weighted by Crippen LogP contribution is -2.57. The van der Waals surface area contributed by atoms with E-state index in [1.165, 1.54) is 0 Å². The minimum absolute atomic E-state index is 0.0479. The number of carbonyl (C=O) groups excluding carboxylic acids is 3. The van der Waals surface area contributed by atoms with E-state index in [1.807, 2.05) is 40.8 Å². The van der Waals surface area contributed by atoms with Crippen molar-refractivity contribution >= 4 is 17.7 Å². The summed E-state index contributed by atoms with van der Waals surface area (Å²) in [4.78, 5) is 45.7. The Labute approximate surface area is 223 Å². The molecule has 2 fully saturated rings. The second-order valence-electron chi connectivity index (χ2n) is 11.5. The van der Waals surface area contributed by atoms with E-state index in [2.05, 4.69) is 10.2 Å². The molecule has 0 aromatic carbocycles. The van der Waals surface area contributed by atoms with Crippen molar-refractivity contribution in [2.24, 2.45) is 11.8 Å². The van der Waals surface area contributed by atoms with Crippen molar-refractivity contribution in [1.82, 2.24) is 20.0 Å². The van der Waals surface area contributed by atoms with Crippen LogP contribution in [0.5, 0.6) is 0 Å². The molecule has 0 bridgehead atoms. The van der Waals surface area contributed by atoms with E-state index < -0.39 is 6.04 Å². The van der Waals surface area contributed by atoms with Gasteiger partial charge in [0.15, 0.2) is 0 Å². The van der Waals surface area contributed by atoms with E-state index in [-0.39, 0.29) is 60.3 Å². The number of aliphatic hydroxyl groups is 1. The third-order valence-electron chi connectivity index (χ3n) is 7.96. The van der Waals surface area contributed by atoms with Gasteiger partial charge in [-0.3, -0.25) is 19.3 Å². The third kappa shape index (κ3) is 7.77. The molecule has 2 saturated heterocycles. The van der Waals surface area contributed by atoms with Crippen LogP contribution in [0.3, 0.4) is 0 Å². The number of likely N-dealkylation sites (tertiary alicyclic amines) is 2. The molecule has 3 amide bonds. The number of carbonyl (C=O) groups is 3. The normalized spacial score (nSPS) is 24.9. The first-order valence-corrected chi connectivity index (χ1v) is 13.8. The highest BCUT2D eigenvalue weighted by Crippen LogP contribution is 2.27. The molecule has 0 aromatic rings. The molecule has 2 heterocycles. The lowest BCUT2D eigenvalue weighted by molar-refractivity contribution is -0.139. The molecule has 0 radical (unpaired) electrons. The van der Waals surface area contributed by atoms with Gasteiger partial charge in [0.1, 0.15) is 6.04 Å². The van der Waals surface area contributed by atoms with Gasteiger partial charge in [-0.25, -0.2) is 0 Å². The molecule has 2 aliphatic rings. The summed E-state index contributed by atoms with van der Waals surface area (Å²) in [5.74, 6) is -0.439. The molecule has 0 aliphatic carbocycles. The van der Waals surface area contributed by atoms with Gasteiger partial charge in [0.2, 0.25) is 17.7 Å². The maximum Gasteiger partial charge on any atom is 0.249 e. The first-order chi connectivity index (χ1) is 17.4. The van der Waals surface area contributed by atoms with Crippen LogP contribution in [0.25, 0.3) is 0 Å². The van der Waals surface area contributed by atoms with Crippen molar-refractivity contribution in [3.05, 3.63) is 11.6 Å². The van der Waals surface area contributed by atoms with E-state index in [0.29, 0.717) is 12.2 Å². The van der Waals surface area contributed by atoms with E-state index in [0.717, 1.165) is 38.6 Å². The van der Waals surface area contributed by atoms with Crippen LogP contribution in [-0.4, -0.2) is 109 Å². The van der Waals surface area contributed by atoms with Gasteiger partial charge in [0.05, 0.1) is 37.4 Å². The largest absolute Gasteiger partial charge is 0.394 e. The minimum atomic E-state index is -0.651. The molecular weight excluding hydrogens is 472 g/mol. The Bertz CT molecular complexity index is 814. The van der Waals surface area contributed by atoms with Crippen LogP contribution < -0.4 is 5.32 Å². The number of ether oxygens (including phenoxy) is 1. The molecule has 0 aromatic heterocycles. The van der Waals surface area contributed by atoms with Crippen LogP contribution in [0.15, 0.2) is 11.6 Å². The average Bonchev–Trinajstić information content (AvgIpc) is 3.26. The maximum absolute atomic E-state index is 13.7. The molecule has 5 atom stereocenters. The van der Waals surface area contributed by atoms with Gasteiger partial charge in [-0.05, 0) is 58.0 Å². The number of piperidine rings is 1. The maximum atomic E-state index is 13.7. The Morgan fingerprint density at radius 1 is 1.08 bits per heavy atom. The number of rotatable bonds is 11. The number of likely N-dealkylation sites (N-methyl/N-ethyl adjacent to an activating group) is 2. The van der Waals surface area contributed by atoms with Crippen molar-refractivity contribution < 1.29 is 24.2 Å². The Morgan fingerprint density at radius 3 is 2.27 bits per heavy atom. The third-order valence-corrected chi connectivity index (χ3v) is 7.96. The zero-order chi connectivity index (χ0) is 27.9. The summed E-state index contributed by atoms with van der Waals surface area (Å²) < 4.78 is 5.31. The standard InChI is InChI=1S/C28H50N4O5/c1-18(2)24(15-20(5)27(35)32-21(16-33)12-13-22(32)17-37-8)31(7)28(36)25(19(3)4)29-26(34)23-11-9-10-14-30(23)6/h15,18-19,21-25,33H,9-14,16-17H2,1-8H3,(H,29,34)/b20-15+/t21-,22-,23+,24+,25-/m0/s1. The van der Waals surface area contributed by atoms with Crippen LogP contribution >= 0.6 is 0 Å². The zero-order valence-electron chi connectivity index (χ0n) is 24.2. The number of methoxy groups -OCH3 is 1. The first kappa shape index (κ1) is 31.2. The lowest BCUT2D eigenvalue weighted by atomic mass is 9.96. The number of nitrogens with one attached hydrogen (secondary N) is 1. The molecule has 9 nitrogen and oxygen atoms in total. The van der Waals surface area contributed by atoms with Gasteiger partial charge >= 0.3 is 0 Å². The smallest absolute Gasteiger partial charge is 0.249 e. The predicted octanol–water partition coefficient (Wildman–Crippen LogP) is 2.04. The topological polar surface area (TPSA) is 102 Å². The van der Waals surface area contributed by atoms with Crippen LogP contribution in [-0.2, 0) is 19.1 Å². The molecule has 0 spiro atoms. The highest BCUT2D eigenvalue weighted by molar-refractivity contribution is 5.94. The molecular formula is C28H50N4O5. The van der Waals surface area contributed by atoms with Crippen LogP contribution in [0.4, 0.5) is 0 Å². The first-order valence-electron chi connectivity index (χ1n) is 13.8. The number of amides is 3. The summed E-state index contributed by atoms with van der Waals surface area (Å²) in [6.45, 7) is 10.9. The highest BCUT2D eigenvalue weighted by Gasteiger charge is 2.38. The molecule has 212 valence electrons. The zero-order valence-corrected chi connectivity index (χ0v) is 24.2. The summed E-state index contributed by atoms with van der Waals surface area (Å²) in [5, 5.41) is 12.9. The Balaban J connectivity index is 2.22. The predicted molar refractivity (Wildman–Crippen MR) is 145 cm³/mol. The summed E-state index contributed by atoms with van der Waals surface area (Å²) in [6, 6.07) is -1.50. The van der Waals surface area contributed by atoms with Gasteiger partial charge in [0.25, 0.3) is 0 Å². The van der Waals surface area contributed by atoms with E-state index in [4.69, 9.17) is 4.74 Å². The molecule has 9 heteroatoms. The quantitative estimate of drug-likeness (QED) is 0.403. The number of aliphatic hydroxyl groups excluding tert-OH is 1. The fraction of sp³-hybridized carbons (Fsp3) is 0.821. The lowest BCUT2D eigenvalue weighted by Gasteiger charge is -2.36. The Morgan fingerprint density at radius 2 is 1.73 bits per heavy atom. The van der Waals surface area contributed by atoms with Crippen molar-refractivity contribution in [2.75, 3.05) is 41.0 Å². The fourth-order valence-electron chi connectivity index (χ4n) is 5.65. The second kappa shape index (κ2) is 14.3. The number of nitrogens with zero attached hydrogens (tertiary/aromatic N) is 3. The summed E-state index contributed by atoms with van der Waals surface area (Å²) in [6.07, 6.45) is 6.27. The molecule has 0 saturated carbocycles. The van der Waals surface area contributed by atoms with Gasteiger partial charge in [-0.2, -0.15) is 0 Å². The van der Waals surface area contributed by atoms with Crippen LogP contribution in [0, 0.1) is 11.8 Å². The van der Waals surface area contributed by atoms with Crippen LogP contribution in [0.2, 0.25) is 0 Å². The highest BCUT2D eigenvalue weighted by atomic mass is 16.5. The molecule has 2 rings (SSSR count). The fourth-order valence-corrected chi connectivity index (χ4v) is 5.65. The van der Waals surface area contributed by atoms with E-state index >= 15 is 0 Å². The minimum Gasteiger partial charge on any atom is -0.394 e. The molecule has 0 unspecified atom stereocenters. The van der Waals surface area contributed by atoms with Crippen molar-refractivity contribution in [2.45, 2.75) is 96.9 Å². The summed E-state index contributed by atoms with van der Waals surface area (Å²) >= 11 is 0. The van der Waals surface area contributed by atoms with Crippen molar-refractivity contribution in [1.29, 1.82) is 0 Å². The van der Waals surface area contributed by atoms with E-state index in [1.54, 1.807) is 30.9 Å². The second-order valence-corrected chi connectivity index (χ2v) is 11.5. The number of hydrogen-bond acceptors (Lipinski definition) is 6. The Hall–Kier alpha value is -1.97. The summed E-state index contributed by atoms with van der Waals surface area (Å²) in [7, 11) is 5.32. The number of hydrogen-bond donors (Lipinski definition) is 2. The van der Waals surface area contributed by atoms with Crippen LogP contribution in [0.1, 0.15) is 66.7 Å². The van der Waals surface area contributed by atoms with Gasteiger partial charge in [0, 0.05) is 19.7 Å². The van der Waals surface area contributed by atoms with Crippen molar-refractivity contribution in [3.8, 4) is 0 Å². The molecule has 2 N–H and O–H groups in total. The monoisotopic (exact) mass is 522 g/mol. The summed E-state index contributed by atoms with van der Waals surface area (Å²) in [5.41, 5.74) is 0.536. The van der Waals surface area contributed by atoms with E-state index in [9.17, 15) is 19.5 Å². The Kier molecular flexibility index (Phi) is 12.0.